The summed E-state index contributed by atoms with van der Waals surface area (Å²) in [6.07, 6.45) is 7.67. The van der Waals surface area contributed by atoms with Gasteiger partial charge in [-0.2, -0.15) is 5.10 Å². The largest absolute Gasteiger partial charge is 0.346 e. The molecule has 7 nitrogen and oxygen atoms in total. The molecule has 4 aromatic heterocycles. The van der Waals surface area contributed by atoms with Crippen LogP contribution in [0, 0.1) is 38.0 Å². The van der Waals surface area contributed by atoms with Crippen molar-refractivity contribution < 1.29 is 8.42 Å². The topological polar surface area (TPSA) is 83.4 Å². The van der Waals surface area contributed by atoms with Gasteiger partial charge in [-0.05, 0) is 86.0 Å². The predicted molar refractivity (Wildman–Crippen MR) is 156 cm³/mol. The Morgan fingerprint density at radius 3 is 2.49 bits per heavy atom. The summed E-state index contributed by atoms with van der Waals surface area (Å²) >= 11 is 1.99. The molecule has 2 unspecified atom stereocenters. The van der Waals surface area contributed by atoms with Crippen molar-refractivity contribution in [3.8, 4) is 11.3 Å². The number of sulfone groups is 1. The Bertz CT molecular complexity index is 1760. The third-order valence-electron chi connectivity index (χ3n) is 10.7. The number of nitrogens with one attached hydrogen (secondary N) is 1. The standard InChI is InChI=1S/C30H37N5O2S2/c1-15(2)24-25-18(5)27(38-29(25)33-26(24)22-9-35-28(31-14-32-35)17(4)16(22)3)21-7-20-6-19(21)8-23(20)34-10-30(11-34)12-39(36,37)13-30/h9,14-15,19-21,23,33H,6-8,10-13H2,1-5H3/t19-,20-,21?,23?/m0/s1. The molecule has 1 N–H and O–H groups in total. The van der Waals surface area contributed by atoms with Crippen LogP contribution < -0.4 is 0 Å². The first kappa shape index (κ1) is 24.6. The molecule has 2 saturated carbocycles. The first-order chi connectivity index (χ1) is 18.5. The van der Waals surface area contributed by atoms with Crippen LogP contribution in [-0.2, 0) is 9.84 Å². The van der Waals surface area contributed by atoms with E-state index < -0.39 is 9.84 Å². The van der Waals surface area contributed by atoms with Gasteiger partial charge < -0.3 is 4.98 Å². The van der Waals surface area contributed by atoms with Crippen molar-refractivity contribution in [2.24, 2.45) is 17.3 Å². The van der Waals surface area contributed by atoms with Gasteiger partial charge in [-0.15, -0.1) is 11.3 Å². The highest BCUT2D eigenvalue weighted by Gasteiger charge is 2.60. The smallest absolute Gasteiger partial charge is 0.158 e. The molecule has 0 aromatic carbocycles. The lowest BCUT2D eigenvalue weighted by atomic mass is 9.77. The quantitative estimate of drug-likeness (QED) is 0.350. The van der Waals surface area contributed by atoms with E-state index >= 15 is 0 Å². The summed E-state index contributed by atoms with van der Waals surface area (Å²) in [6, 6.07) is 0.668. The number of pyridine rings is 1. The second kappa shape index (κ2) is 7.95. The van der Waals surface area contributed by atoms with E-state index in [1.165, 1.54) is 63.0 Å². The summed E-state index contributed by atoms with van der Waals surface area (Å²) in [4.78, 5) is 13.9. The molecule has 2 bridgehead atoms. The Hall–Kier alpha value is -2.23. The summed E-state index contributed by atoms with van der Waals surface area (Å²) in [6.45, 7) is 13.3. The third kappa shape index (κ3) is 3.39. The first-order valence-electron chi connectivity index (χ1n) is 14.4. The summed E-state index contributed by atoms with van der Waals surface area (Å²) < 4.78 is 25.4. The number of aryl methyl sites for hydroxylation is 2. The molecule has 2 saturated heterocycles. The molecule has 2 aliphatic carbocycles. The minimum atomic E-state index is -2.74. The normalized spacial score (nSPS) is 29.2. The monoisotopic (exact) mass is 563 g/mol. The molecule has 4 fully saturated rings. The van der Waals surface area contributed by atoms with E-state index in [9.17, 15) is 8.42 Å². The van der Waals surface area contributed by atoms with E-state index in [4.69, 9.17) is 0 Å². The van der Waals surface area contributed by atoms with Crippen LogP contribution in [0.3, 0.4) is 0 Å². The molecule has 8 rings (SSSR count). The molecule has 2 aliphatic heterocycles. The average molecular weight is 564 g/mol. The number of nitrogens with zero attached hydrogens (tertiary/aromatic N) is 4. The van der Waals surface area contributed by atoms with Crippen LogP contribution in [-0.4, -0.2) is 63.5 Å². The van der Waals surface area contributed by atoms with E-state index in [0.29, 0.717) is 29.4 Å². The van der Waals surface area contributed by atoms with Gasteiger partial charge in [0, 0.05) is 46.6 Å². The molecular weight excluding hydrogens is 526 g/mol. The average Bonchev–Trinajstić information content (AvgIpc) is 3.64. The Kier molecular flexibility index (Phi) is 5.00. The summed E-state index contributed by atoms with van der Waals surface area (Å²) in [7, 11) is -2.74. The van der Waals surface area contributed by atoms with Crippen molar-refractivity contribution in [3.05, 3.63) is 39.7 Å². The number of aromatic nitrogens is 4. The van der Waals surface area contributed by atoms with Crippen LogP contribution in [0.15, 0.2) is 12.5 Å². The van der Waals surface area contributed by atoms with Gasteiger partial charge >= 0.3 is 0 Å². The second-order valence-electron chi connectivity index (χ2n) is 13.5. The Labute approximate surface area is 233 Å². The number of hydrogen-bond acceptors (Lipinski definition) is 6. The van der Waals surface area contributed by atoms with Gasteiger partial charge in [0.15, 0.2) is 15.5 Å². The van der Waals surface area contributed by atoms with Crippen molar-refractivity contribution >= 4 is 37.0 Å². The van der Waals surface area contributed by atoms with Crippen LogP contribution in [0.1, 0.15) is 72.1 Å². The number of likely N-dealkylation sites (tertiary alicyclic amines) is 1. The summed E-state index contributed by atoms with van der Waals surface area (Å²) in [5, 5.41) is 5.88. The van der Waals surface area contributed by atoms with Crippen molar-refractivity contribution in [3.63, 3.8) is 0 Å². The molecule has 39 heavy (non-hydrogen) atoms. The zero-order valence-corrected chi connectivity index (χ0v) is 25.0. The zero-order valence-electron chi connectivity index (χ0n) is 23.4. The number of thiophene rings is 1. The van der Waals surface area contributed by atoms with E-state index in [0.717, 1.165) is 30.6 Å². The van der Waals surface area contributed by atoms with Gasteiger partial charge in [-0.1, -0.05) is 13.8 Å². The minimum Gasteiger partial charge on any atom is -0.346 e. The maximum Gasteiger partial charge on any atom is 0.158 e. The van der Waals surface area contributed by atoms with Gasteiger partial charge in [-0.25, -0.2) is 17.9 Å². The van der Waals surface area contributed by atoms with Crippen molar-refractivity contribution in [2.45, 2.75) is 71.8 Å². The van der Waals surface area contributed by atoms with Crippen LogP contribution in [0.2, 0.25) is 0 Å². The van der Waals surface area contributed by atoms with Gasteiger partial charge in [0.05, 0.1) is 17.2 Å². The number of rotatable bonds is 4. The van der Waals surface area contributed by atoms with Gasteiger partial charge in [-0.3, -0.25) is 4.90 Å². The first-order valence-corrected chi connectivity index (χ1v) is 17.1. The summed E-state index contributed by atoms with van der Waals surface area (Å²) in [5.74, 6) is 3.42. The lowest BCUT2D eigenvalue weighted by molar-refractivity contribution is -0.0295. The fourth-order valence-electron chi connectivity index (χ4n) is 8.98. The molecule has 4 aromatic rings. The van der Waals surface area contributed by atoms with Crippen LogP contribution in [0.4, 0.5) is 0 Å². The van der Waals surface area contributed by atoms with Crippen LogP contribution >= 0.6 is 11.3 Å². The SMILES string of the molecule is Cc1c(-c2[nH]c3sc(C4C[C@@H]5C[C@H]4CC5N4CC5(C4)CS(=O)(=O)C5)c(C)c3c2C(C)C)cn2ncnc2c1C. The van der Waals surface area contributed by atoms with E-state index in [2.05, 4.69) is 60.8 Å². The summed E-state index contributed by atoms with van der Waals surface area (Å²) in [5.41, 5.74) is 8.82. The Morgan fingerprint density at radius 1 is 1.05 bits per heavy atom. The van der Waals surface area contributed by atoms with E-state index in [-0.39, 0.29) is 5.41 Å². The maximum absolute atomic E-state index is 11.7. The fraction of sp³-hybridized carbons (Fsp3) is 0.600. The molecule has 9 heteroatoms. The molecule has 4 aliphatic rings. The Balaban J connectivity index is 1.10. The molecule has 206 valence electrons. The van der Waals surface area contributed by atoms with Crippen LogP contribution in [0.5, 0.6) is 0 Å². The number of aromatic amines is 1. The number of H-pyrrole nitrogens is 1. The highest BCUT2D eigenvalue weighted by atomic mass is 32.2. The fourth-order valence-corrected chi connectivity index (χ4v) is 12.6. The third-order valence-corrected chi connectivity index (χ3v) is 14.1. The highest BCUT2D eigenvalue weighted by Crippen LogP contribution is 2.59. The van der Waals surface area contributed by atoms with Gasteiger partial charge in [0.25, 0.3) is 0 Å². The van der Waals surface area contributed by atoms with Crippen molar-refractivity contribution in [1.82, 2.24) is 24.5 Å². The minimum absolute atomic E-state index is 0.101. The molecular formula is C30H37N5O2S2. The number of hydrogen-bond donors (Lipinski definition) is 1. The van der Waals surface area contributed by atoms with Crippen LogP contribution in [0.25, 0.3) is 27.1 Å². The molecule has 0 amide bonds. The van der Waals surface area contributed by atoms with Crippen molar-refractivity contribution in [1.29, 1.82) is 0 Å². The molecule has 4 atom stereocenters. The lowest BCUT2D eigenvalue weighted by Gasteiger charge is -2.58. The molecule has 1 spiro atoms. The van der Waals surface area contributed by atoms with E-state index in [1.54, 1.807) is 11.2 Å². The van der Waals surface area contributed by atoms with Crippen molar-refractivity contribution in [2.75, 3.05) is 24.6 Å². The van der Waals surface area contributed by atoms with E-state index in [1.807, 2.05) is 15.9 Å². The molecule has 0 radical (unpaired) electrons. The number of fused-ring (bicyclic) bond motifs is 4. The van der Waals surface area contributed by atoms with Gasteiger partial charge in [0.2, 0.25) is 0 Å². The van der Waals surface area contributed by atoms with Gasteiger partial charge in [0.1, 0.15) is 11.2 Å². The highest BCUT2D eigenvalue weighted by molar-refractivity contribution is 7.92. The lowest BCUT2D eigenvalue weighted by Crippen LogP contribution is -2.70. The zero-order chi connectivity index (χ0) is 27.0. The predicted octanol–water partition coefficient (Wildman–Crippen LogP) is 5.60. The Morgan fingerprint density at radius 2 is 1.82 bits per heavy atom. The second-order valence-corrected chi connectivity index (χ2v) is 16.6. The maximum atomic E-state index is 11.7. The molecule has 6 heterocycles.